The van der Waals surface area contributed by atoms with Crippen molar-refractivity contribution in [3.8, 4) is 11.8 Å². The number of allylic oxidation sites excluding steroid dienone is 1. The smallest absolute Gasteiger partial charge is 0.412 e. The van der Waals surface area contributed by atoms with Crippen molar-refractivity contribution in [3.63, 3.8) is 0 Å². The molecule has 0 bridgehead atoms. The maximum atomic E-state index is 12.6. The molecule has 0 saturated heterocycles. The second kappa shape index (κ2) is 11.5. The first-order chi connectivity index (χ1) is 14.7. The number of benzene rings is 2. The molecule has 7 nitrogen and oxygen atoms in total. The molecule has 0 unspecified atom stereocenters. The Morgan fingerprint density at radius 2 is 1.94 bits per heavy atom. The Morgan fingerprint density at radius 1 is 1.26 bits per heavy atom. The number of carboxylic acid groups (broad SMARTS) is 1. The van der Waals surface area contributed by atoms with E-state index in [1.807, 2.05) is 13.0 Å². The largest absolute Gasteiger partial charge is 0.506 e. The van der Waals surface area contributed by atoms with Gasteiger partial charge in [-0.25, -0.2) is 9.59 Å². The maximum Gasteiger partial charge on any atom is 0.412 e. The van der Waals surface area contributed by atoms with Crippen molar-refractivity contribution in [1.29, 1.82) is 5.26 Å². The van der Waals surface area contributed by atoms with Crippen LogP contribution >= 0.6 is 31.9 Å². The number of hydrogen-bond acceptors (Lipinski definition) is 5. The fraction of sp³-hybridized carbons (Fsp3) is 0.227. The molecular formula is C22H20Br2N2O5. The van der Waals surface area contributed by atoms with Gasteiger partial charge in [0.05, 0.1) is 16.1 Å². The third kappa shape index (κ3) is 7.42. The summed E-state index contributed by atoms with van der Waals surface area (Å²) in [4.78, 5) is 23.2. The van der Waals surface area contributed by atoms with Gasteiger partial charge in [-0.2, -0.15) is 5.26 Å². The van der Waals surface area contributed by atoms with Crippen LogP contribution in [0.15, 0.2) is 57.5 Å². The van der Waals surface area contributed by atoms with E-state index in [2.05, 4.69) is 37.2 Å². The molecule has 0 heterocycles. The number of amides is 1. The summed E-state index contributed by atoms with van der Waals surface area (Å²) in [5.74, 6) is -1.32. The molecule has 2 aromatic rings. The summed E-state index contributed by atoms with van der Waals surface area (Å²) >= 11 is 6.67. The van der Waals surface area contributed by atoms with E-state index < -0.39 is 18.2 Å². The van der Waals surface area contributed by atoms with Gasteiger partial charge in [0.15, 0.2) is 0 Å². The van der Waals surface area contributed by atoms with Gasteiger partial charge in [0.2, 0.25) is 0 Å². The van der Waals surface area contributed by atoms with E-state index in [1.165, 1.54) is 6.08 Å². The molecule has 2 aromatic carbocycles. The molecule has 31 heavy (non-hydrogen) atoms. The van der Waals surface area contributed by atoms with E-state index in [0.29, 0.717) is 38.6 Å². The van der Waals surface area contributed by atoms with Crippen LogP contribution < -0.4 is 5.32 Å². The number of aromatic hydroxyl groups is 1. The second-order valence-corrected chi connectivity index (χ2v) is 8.53. The van der Waals surface area contributed by atoms with Crippen molar-refractivity contribution in [2.45, 2.75) is 25.9 Å². The third-order valence-electron chi connectivity index (χ3n) is 4.42. The lowest BCUT2D eigenvalue weighted by molar-refractivity contribution is -0.131. The lowest BCUT2D eigenvalue weighted by Gasteiger charge is -2.26. The van der Waals surface area contributed by atoms with Gasteiger partial charge < -0.3 is 14.9 Å². The van der Waals surface area contributed by atoms with Gasteiger partial charge in [-0.3, -0.25) is 5.32 Å². The maximum absolute atomic E-state index is 12.6. The van der Waals surface area contributed by atoms with Gasteiger partial charge in [0.25, 0.3) is 0 Å². The molecule has 0 aliphatic rings. The average molecular weight is 552 g/mol. The number of anilines is 1. The van der Waals surface area contributed by atoms with Crippen LogP contribution in [-0.2, 0) is 9.53 Å². The van der Waals surface area contributed by atoms with Crippen molar-refractivity contribution in [2.24, 2.45) is 5.92 Å². The first-order valence-corrected chi connectivity index (χ1v) is 10.8. The molecule has 3 N–H and O–H groups in total. The normalized spacial score (nSPS) is 12.7. The van der Waals surface area contributed by atoms with Crippen LogP contribution in [0.1, 0.15) is 37.0 Å². The molecule has 0 saturated carbocycles. The van der Waals surface area contributed by atoms with Crippen molar-refractivity contribution in [3.05, 3.63) is 68.6 Å². The fourth-order valence-corrected chi connectivity index (χ4v) is 4.13. The summed E-state index contributed by atoms with van der Waals surface area (Å²) in [6.45, 7) is 1.85. The fourth-order valence-electron chi connectivity index (χ4n) is 2.87. The van der Waals surface area contributed by atoms with Crippen molar-refractivity contribution in [1.82, 2.24) is 0 Å². The molecule has 0 radical (unpaired) electrons. The number of phenols is 1. The highest BCUT2D eigenvalue weighted by molar-refractivity contribution is 9.11. The molecule has 0 spiro atoms. The molecule has 2 rings (SSSR count). The molecule has 162 valence electrons. The monoisotopic (exact) mass is 550 g/mol. The quantitative estimate of drug-likeness (QED) is 0.339. The minimum absolute atomic E-state index is 0.0488. The summed E-state index contributed by atoms with van der Waals surface area (Å²) in [7, 11) is 0. The third-order valence-corrected chi connectivity index (χ3v) is 5.49. The summed E-state index contributed by atoms with van der Waals surface area (Å²) in [5, 5.41) is 30.8. The Hall–Kier alpha value is -2.83. The first-order valence-electron chi connectivity index (χ1n) is 9.26. The predicted octanol–water partition coefficient (Wildman–Crippen LogP) is 6.14. The van der Waals surface area contributed by atoms with E-state index in [9.17, 15) is 14.7 Å². The van der Waals surface area contributed by atoms with E-state index >= 15 is 0 Å². The van der Waals surface area contributed by atoms with Gasteiger partial charge in [-0.05, 0) is 71.1 Å². The molecule has 1 amide bonds. The summed E-state index contributed by atoms with van der Waals surface area (Å²) in [6, 6.07) is 11.7. The van der Waals surface area contributed by atoms with Crippen LogP contribution in [0.4, 0.5) is 10.5 Å². The Labute approximate surface area is 196 Å². The molecule has 0 aromatic heterocycles. The highest BCUT2D eigenvalue weighted by Crippen LogP contribution is 2.40. The Balaban J connectivity index is 2.23. The number of carbonyl (C=O) groups excluding carboxylic acids is 1. The van der Waals surface area contributed by atoms with E-state index in [0.717, 1.165) is 6.08 Å². The van der Waals surface area contributed by atoms with Gasteiger partial charge >= 0.3 is 12.1 Å². The van der Waals surface area contributed by atoms with Crippen LogP contribution in [0.5, 0.6) is 5.75 Å². The number of phenolic OH excluding ortho intramolecular Hbond substituents is 1. The Kier molecular flexibility index (Phi) is 9.09. The number of hydrogen-bond donors (Lipinski definition) is 3. The minimum Gasteiger partial charge on any atom is -0.506 e. The Morgan fingerprint density at radius 3 is 2.55 bits per heavy atom. The van der Waals surface area contributed by atoms with E-state index in [-0.39, 0.29) is 11.7 Å². The number of aliphatic carboxylic acids is 1. The zero-order valence-electron chi connectivity index (χ0n) is 16.5. The highest BCUT2D eigenvalue weighted by Gasteiger charge is 2.27. The second-order valence-electron chi connectivity index (χ2n) is 6.76. The van der Waals surface area contributed by atoms with Crippen molar-refractivity contribution < 1.29 is 24.5 Å². The molecule has 2 atom stereocenters. The highest BCUT2D eigenvalue weighted by atomic mass is 79.9. The van der Waals surface area contributed by atoms with E-state index in [4.69, 9.17) is 15.1 Å². The Bertz CT molecular complexity index is 1020. The zero-order chi connectivity index (χ0) is 23.0. The minimum atomic E-state index is -1.03. The first kappa shape index (κ1) is 24.4. The van der Waals surface area contributed by atoms with Crippen LogP contribution in [0.2, 0.25) is 0 Å². The topological polar surface area (TPSA) is 120 Å². The number of carbonyl (C=O) groups is 2. The van der Waals surface area contributed by atoms with Crippen molar-refractivity contribution in [2.75, 3.05) is 5.32 Å². The molecule has 0 fully saturated rings. The number of rotatable bonds is 8. The molecule has 0 aliphatic heterocycles. The lowest BCUT2D eigenvalue weighted by atomic mass is 9.92. The summed E-state index contributed by atoms with van der Waals surface area (Å²) in [6.07, 6.45) is 2.04. The van der Waals surface area contributed by atoms with Crippen LogP contribution in [0.25, 0.3) is 0 Å². The van der Waals surface area contributed by atoms with Gasteiger partial charge in [-0.15, -0.1) is 0 Å². The average Bonchev–Trinajstić information content (AvgIpc) is 2.72. The van der Waals surface area contributed by atoms with E-state index in [1.54, 1.807) is 36.4 Å². The van der Waals surface area contributed by atoms with Gasteiger partial charge in [0.1, 0.15) is 11.9 Å². The SMILES string of the molecule is C[C@@H](CC/C=C/C(=O)O)[C@@H](OC(=O)Nc1ccc(C#N)cc1)c1cc(Br)cc(Br)c1O. The number of nitrogens with one attached hydrogen (secondary N) is 1. The lowest BCUT2D eigenvalue weighted by Crippen LogP contribution is -2.22. The summed E-state index contributed by atoms with van der Waals surface area (Å²) < 4.78 is 6.80. The van der Waals surface area contributed by atoms with Crippen LogP contribution in [0.3, 0.4) is 0 Å². The summed E-state index contributed by atoms with van der Waals surface area (Å²) in [5.41, 5.74) is 1.33. The molecule has 9 heteroatoms. The van der Waals surface area contributed by atoms with Gasteiger partial charge in [0, 0.05) is 21.8 Å². The van der Waals surface area contributed by atoms with Crippen LogP contribution in [0, 0.1) is 17.2 Å². The number of ether oxygens (including phenoxy) is 1. The molecule has 0 aliphatic carbocycles. The zero-order valence-corrected chi connectivity index (χ0v) is 19.7. The standard InChI is InChI=1S/C22H20Br2N2O5/c1-13(4-2-3-5-19(27)28)21(17-10-15(23)11-18(24)20(17)29)31-22(30)26-16-8-6-14(12-25)7-9-16/h3,5-11,13,21,29H,2,4H2,1H3,(H,26,30)(H,27,28)/b5-3+/t13-,21+/m0/s1. The van der Waals surface area contributed by atoms with Crippen LogP contribution in [-0.4, -0.2) is 22.3 Å². The number of carboxylic acids is 1. The number of nitrogens with zero attached hydrogens (tertiary/aromatic N) is 1. The van der Waals surface area contributed by atoms with Crippen molar-refractivity contribution >= 4 is 49.6 Å². The predicted molar refractivity (Wildman–Crippen MR) is 123 cm³/mol. The molecular weight excluding hydrogens is 532 g/mol. The number of nitriles is 1. The van der Waals surface area contributed by atoms with Gasteiger partial charge in [-0.1, -0.05) is 28.9 Å². The number of halogens is 2.